The standard InChI is InChI=1S/C16H24/c1-4-7-9-14(5-2)10-8-11-16-12-15(6-3)13-16/h4,7-11,15H,5-6,12-13H2,1-3H3. The Hall–Kier alpha value is -1.04. The molecule has 0 saturated heterocycles. The van der Waals surface area contributed by atoms with E-state index >= 15 is 0 Å². The van der Waals surface area contributed by atoms with Crippen LogP contribution >= 0.6 is 0 Å². The quantitative estimate of drug-likeness (QED) is 0.554. The average Bonchev–Trinajstić information content (AvgIpc) is 2.25. The molecule has 0 aromatic rings. The van der Waals surface area contributed by atoms with Gasteiger partial charge in [0.2, 0.25) is 0 Å². The summed E-state index contributed by atoms with van der Waals surface area (Å²) < 4.78 is 0. The zero-order valence-corrected chi connectivity index (χ0v) is 10.9. The Morgan fingerprint density at radius 3 is 2.56 bits per heavy atom. The second kappa shape index (κ2) is 7.27. The fraction of sp³-hybridized carbons (Fsp3) is 0.500. The first-order valence-electron chi connectivity index (χ1n) is 6.48. The van der Waals surface area contributed by atoms with Gasteiger partial charge in [-0.3, -0.25) is 0 Å². The highest BCUT2D eigenvalue weighted by molar-refractivity contribution is 5.28. The molecule has 0 heterocycles. The summed E-state index contributed by atoms with van der Waals surface area (Å²) in [5, 5.41) is 0. The molecule has 0 aliphatic heterocycles. The van der Waals surface area contributed by atoms with E-state index < -0.39 is 0 Å². The first kappa shape index (κ1) is 13.0. The SMILES string of the molecule is CC=CC=C(C=CC=C1CC(CC)C1)CC. The molecule has 0 spiro atoms. The number of hydrogen-bond acceptors (Lipinski definition) is 0. The molecular weight excluding hydrogens is 192 g/mol. The normalized spacial score (nSPS) is 21.8. The third kappa shape index (κ3) is 4.22. The fourth-order valence-corrected chi connectivity index (χ4v) is 1.93. The Bertz CT molecular complexity index is 305. The fourth-order valence-electron chi connectivity index (χ4n) is 1.93. The van der Waals surface area contributed by atoms with Crippen molar-refractivity contribution in [3.8, 4) is 0 Å². The smallest absolute Gasteiger partial charge is 0.0286 e. The second-order valence-corrected chi connectivity index (χ2v) is 4.49. The van der Waals surface area contributed by atoms with Crippen LogP contribution in [-0.4, -0.2) is 0 Å². The zero-order chi connectivity index (χ0) is 11.8. The number of rotatable bonds is 5. The Balaban J connectivity index is 2.41. The van der Waals surface area contributed by atoms with Crippen LogP contribution in [-0.2, 0) is 0 Å². The van der Waals surface area contributed by atoms with Crippen molar-refractivity contribution in [2.75, 3.05) is 0 Å². The van der Waals surface area contributed by atoms with Crippen LogP contribution in [0.3, 0.4) is 0 Å². The molecule has 1 saturated carbocycles. The Morgan fingerprint density at radius 2 is 2.00 bits per heavy atom. The lowest BCUT2D eigenvalue weighted by Gasteiger charge is -2.27. The lowest BCUT2D eigenvalue weighted by molar-refractivity contribution is 0.405. The molecule has 0 N–H and O–H groups in total. The van der Waals surface area contributed by atoms with Gasteiger partial charge in [-0.05, 0) is 37.7 Å². The van der Waals surface area contributed by atoms with Gasteiger partial charge in [0.1, 0.15) is 0 Å². The van der Waals surface area contributed by atoms with Gasteiger partial charge in [-0.1, -0.05) is 62.3 Å². The van der Waals surface area contributed by atoms with Crippen LogP contribution in [0, 0.1) is 5.92 Å². The largest absolute Gasteiger partial charge is 0.0877 e. The van der Waals surface area contributed by atoms with Gasteiger partial charge < -0.3 is 0 Å². The minimum atomic E-state index is 0.962. The summed E-state index contributed by atoms with van der Waals surface area (Å²) in [6.07, 6.45) is 18.2. The molecule has 0 unspecified atom stereocenters. The molecule has 0 atom stereocenters. The van der Waals surface area contributed by atoms with E-state index in [2.05, 4.69) is 57.2 Å². The van der Waals surface area contributed by atoms with Crippen LogP contribution in [0.15, 0.2) is 47.6 Å². The molecule has 16 heavy (non-hydrogen) atoms. The first-order chi connectivity index (χ1) is 7.80. The number of hydrogen-bond donors (Lipinski definition) is 0. The van der Waals surface area contributed by atoms with E-state index in [1.807, 2.05) is 0 Å². The van der Waals surface area contributed by atoms with Crippen LogP contribution in [0.4, 0.5) is 0 Å². The predicted octanol–water partition coefficient (Wildman–Crippen LogP) is 5.20. The summed E-state index contributed by atoms with van der Waals surface area (Å²) in [6, 6.07) is 0. The Morgan fingerprint density at radius 1 is 1.25 bits per heavy atom. The van der Waals surface area contributed by atoms with E-state index in [1.54, 1.807) is 5.57 Å². The molecule has 0 radical (unpaired) electrons. The zero-order valence-electron chi connectivity index (χ0n) is 10.9. The van der Waals surface area contributed by atoms with E-state index in [0.29, 0.717) is 0 Å². The molecule has 0 bridgehead atoms. The van der Waals surface area contributed by atoms with Crippen molar-refractivity contribution in [1.82, 2.24) is 0 Å². The summed E-state index contributed by atoms with van der Waals surface area (Å²) in [5.74, 6) is 0.962. The van der Waals surface area contributed by atoms with Gasteiger partial charge in [0, 0.05) is 0 Å². The van der Waals surface area contributed by atoms with Crippen LogP contribution in [0.1, 0.15) is 46.5 Å². The molecule has 1 rings (SSSR count). The van der Waals surface area contributed by atoms with E-state index in [9.17, 15) is 0 Å². The van der Waals surface area contributed by atoms with Crippen LogP contribution in [0.5, 0.6) is 0 Å². The van der Waals surface area contributed by atoms with Gasteiger partial charge in [-0.2, -0.15) is 0 Å². The minimum Gasteiger partial charge on any atom is -0.0877 e. The van der Waals surface area contributed by atoms with Crippen molar-refractivity contribution in [2.24, 2.45) is 5.92 Å². The van der Waals surface area contributed by atoms with E-state index in [1.165, 1.54) is 24.8 Å². The van der Waals surface area contributed by atoms with Gasteiger partial charge in [-0.25, -0.2) is 0 Å². The lowest BCUT2D eigenvalue weighted by atomic mass is 9.78. The monoisotopic (exact) mass is 216 g/mol. The third-order valence-electron chi connectivity index (χ3n) is 3.23. The summed E-state index contributed by atoms with van der Waals surface area (Å²) in [4.78, 5) is 0. The Labute approximate surface area is 100 Å². The molecule has 0 aromatic heterocycles. The number of allylic oxidation sites excluding steroid dienone is 8. The van der Waals surface area contributed by atoms with Crippen molar-refractivity contribution < 1.29 is 0 Å². The summed E-state index contributed by atoms with van der Waals surface area (Å²) in [5.41, 5.74) is 3.01. The third-order valence-corrected chi connectivity index (χ3v) is 3.23. The lowest BCUT2D eigenvalue weighted by Crippen LogP contribution is -2.12. The summed E-state index contributed by atoms with van der Waals surface area (Å²) >= 11 is 0. The van der Waals surface area contributed by atoms with Crippen molar-refractivity contribution in [1.29, 1.82) is 0 Å². The van der Waals surface area contributed by atoms with Crippen LogP contribution in [0.2, 0.25) is 0 Å². The maximum Gasteiger partial charge on any atom is -0.0286 e. The van der Waals surface area contributed by atoms with Crippen LogP contribution in [0.25, 0.3) is 0 Å². The van der Waals surface area contributed by atoms with Crippen LogP contribution < -0.4 is 0 Å². The van der Waals surface area contributed by atoms with Crippen molar-refractivity contribution in [3.63, 3.8) is 0 Å². The van der Waals surface area contributed by atoms with Crippen molar-refractivity contribution in [3.05, 3.63) is 47.6 Å². The topological polar surface area (TPSA) is 0 Å². The van der Waals surface area contributed by atoms with E-state index in [4.69, 9.17) is 0 Å². The molecular formula is C16H24. The van der Waals surface area contributed by atoms with Gasteiger partial charge in [0.15, 0.2) is 0 Å². The molecule has 1 aliphatic carbocycles. The molecule has 0 heteroatoms. The van der Waals surface area contributed by atoms with Gasteiger partial charge in [0.25, 0.3) is 0 Å². The molecule has 0 nitrogen and oxygen atoms in total. The highest BCUT2D eigenvalue weighted by Crippen LogP contribution is 2.34. The van der Waals surface area contributed by atoms with Gasteiger partial charge in [0.05, 0.1) is 0 Å². The van der Waals surface area contributed by atoms with Gasteiger partial charge >= 0.3 is 0 Å². The highest BCUT2D eigenvalue weighted by Gasteiger charge is 2.19. The minimum absolute atomic E-state index is 0.962. The summed E-state index contributed by atoms with van der Waals surface area (Å²) in [6.45, 7) is 6.53. The maximum absolute atomic E-state index is 2.30. The van der Waals surface area contributed by atoms with Crippen molar-refractivity contribution >= 4 is 0 Å². The van der Waals surface area contributed by atoms with Gasteiger partial charge in [-0.15, -0.1) is 0 Å². The highest BCUT2D eigenvalue weighted by atomic mass is 14.2. The average molecular weight is 216 g/mol. The molecule has 0 amide bonds. The predicted molar refractivity (Wildman–Crippen MR) is 73.4 cm³/mol. The Kier molecular flexibility index (Phi) is 5.92. The second-order valence-electron chi connectivity index (χ2n) is 4.49. The molecule has 1 aliphatic rings. The van der Waals surface area contributed by atoms with E-state index in [-0.39, 0.29) is 0 Å². The summed E-state index contributed by atoms with van der Waals surface area (Å²) in [7, 11) is 0. The van der Waals surface area contributed by atoms with Crippen molar-refractivity contribution in [2.45, 2.75) is 46.5 Å². The first-order valence-corrected chi connectivity index (χ1v) is 6.48. The molecule has 88 valence electrons. The maximum atomic E-state index is 2.30. The van der Waals surface area contributed by atoms with E-state index in [0.717, 1.165) is 12.3 Å². The molecule has 0 aromatic carbocycles. The molecule has 1 fully saturated rings.